The zero-order valence-electron chi connectivity index (χ0n) is 5.05. The molecule has 1 fully saturated rings. The molecule has 0 radical (unpaired) electrons. The van der Waals surface area contributed by atoms with Crippen LogP contribution in [0, 0.1) is 0 Å². The fourth-order valence-corrected chi connectivity index (χ4v) is 0.838. The maximum atomic E-state index is 12.1. The number of alkyl halides is 1. The molecule has 0 unspecified atom stereocenters. The summed E-state index contributed by atoms with van der Waals surface area (Å²) >= 11 is 0. The number of guanidine groups is 1. The third-order valence-corrected chi connectivity index (χ3v) is 1.39. The molecule has 0 atom stereocenters. The van der Waals surface area contributed by atoms with Crippen molar-refractivity contribution in [2.45, 2.75) is 25.1 Å². The lowest BCUT2D eigenvalue weighted by atomic mass is 9.91. The van der Waals surface area contributed by atoms with E-state index in [2.05, 4.69) is 4.99 Å². The third kappa shape index (κ3) is 1.55. The van der Waals surface area contributed by atoms with Crippen LogP contribution in [-0.2, 0) is 0 Å². The van der Waals surface area contributed by atoms with Crippen molar-refractivity contribution in [1.29, 1.82) is 0 Å². The number of nitrogens with zero attached hydrogens (tertiary/aromatic N) is 1. The van der Waals surface area contributed by atoms with Gasteiger partial charge in [-0.25, -0.2) is 4.39 Å². The SMILES string of the molecule is NC(N)=NC1CC(F)C1. The van der Waals surface area contributed by atoms with E-state index in [1.807, 2.05) is 0 Å². The van der Waals surface area contributed by atoms with Crippen LogP contribution in [0.25, 0.3) is 0 Å². The Kier molecular flexibility index (Phi) is 1.55. The fraction of sp³-hybridized carbons (Fsp3) is 0.800. The standard InChI is InChI=1S/C5H10FN3/c6-3-1-4(2-3)9-5(7)8/h3-4H,1-2H2,(H4,7,8,9). The number of rotatable bonds is 1. The molecular formula is C5H10FN3. The first-order chi connectivity index (χ1) is 4.18. The van der Waals surface area contributed by atoms with Crippen molar-refractivity contribution in [3.8, 4) is 0 Å². The molecule has 0 aromatic carbocycles. The minimum Gasteiger partial charge on any atom is -0.370 e. The highest BCUT2D eigenvalue weighted by Crippen LogP contribution is 2.25. The summed E-state index contributed by atoms with van der Waals surface area (Å²) in [7, 11) is 0. The Hall–Kier alpha value is -0.800. The summed E-state index contributed by atoms with van der Waals surface area (Å²) in [5, 5.41) is 0. The molecule has 1 aliphatic rings. The van der Waals surface area contributed by atoms with Gasteiger partial charge in [-0.3, -0.25) is 4.99 Å². The molecule has 4 N–H and O–H groups in total. The first-order valence-corrected chi connectivity index (χ1v) is 2.91. The van der Waals surface area contributed by atoms with Gasteiger partial charge in [0.15, 0.2) is 5.96 Å². The molecule has 9 heavy (non-hydrogen) atoms. The van der Waals surface area contributed by atoms with Crippen LogP contribution in [0.1, 0.15) is 12.8 Å². The van der Waals surface area contributed by atoms with Gasteiger partial charge in [-0.15, -0.1) is 0 Å². The molecule has 0 bridgehead atoms. The number of hydrogen-bond acceptors (Lipinski definition) is 1. The zero-order valence-corrected chi connectivity index (χ0v) is 5.05. The highest BCUT2D eigenvalue weighted by atomic mass is 19.1. The van der Waals surface area contributed by atoms with Crippen LogP contribution in [0.15, 0.2) is 4.99 Å². The number of hydrogen-bond donors (Lipinski definition) is 2. The van der Waals surface area contributed by atoms with Crippen LogP contribution >= 0.6 is 0 Å². The van der Waals surface area contributed by atoms with Crippen LogP contribution in [0.3, 0.4) is 0 Å². The first-order valence-electron chi connectivity index (χ1n) is 2.91. The van der Waals surface area contributed by atoms with Gasteiger partial charge in [0, 0.05) is 12.8 Å². The Balaban J connectivity index is 2.25. The van der Waals surface area contributed by atoms with Crippen molar-refractivity contribution in [1.82, 2.24) is 0 Å². The second kappa shape index (κ2) is 2.21. The number of nitrogens with two attached hydrogens (primary N) is 2. The Bertz CT molecular complexity index is 124. The molecule has 0 amide bonds. The molecule has 1 rings (SSSR count). The molecule has 1 aliphatic carbocycles. The summed E-state index contributed by atoms with van der Waals surface area (Å²) in [6.45, 7) is 0. The minimum atomic E-state index is -0.682. The lowest BCUT2D eigenvalue weighted by Crippen LogP contribution is -2.33. The lowest BCUT2D eigenvalue weighted by molar-refractivity contribution is 0.182. The van der Waals surface area contributed by atoms with Gasteiger partial charge in [0.2, 0.25) is 0 Å². The van der Waals surface area contributed by atoms with Crippen LogP contribution in [0.2, 0.25) is 0 Å². The van der Waals surface area contributed by atoms with Crippen molar-refractivity contribution in [3.63, 3.8) is 0 Å². The Morgan fingerprint density at radius 1 is 1.44 bits per heavy atom. The molecule has 4 heteroatoms. The van der Waals surface area contributed by atoms with Gasteiger partial charge < -0.3 is 11.5 Å². The van der Waals surface area contributed by atoms with E-state index in [4.69, 9.17) is 11.5 Å². The minimum absolute atomic E-state index is 0.0463. The Morgan fingerprint density at radius 3 is 2.33 bits per heavy atom. The van der Waals surface area contributed by atoms with Gasteiger partial charge in [-0.2, -0.15) is 0 Å². The average Bonchev–Trinajstić information content (AvgIpc) is 1.60. The van der Waals surface area contributed by atoms with Crippen LogP contribution in [0.5, 0.6) is 0 Å². The normalized spacial score (nSPS) is 33.0. The molecule has 0 saturated heterocycles. The maximum absolute atomic E-state index is 12.1. The van der Waals surface area contributed by atoms with Crippen LogP contribution in [0.4, 0.5) is 4.39 Å². The smallest absolute Gasteiger partial charge is 0.186 e. The summed E-state index contributed by atoms with van der Waals surface area (Å²) in [5.74, 6) is 0.0619. The zero-order chi connectivity index (χ0) is 6.85. The van der Waals surface area contributed by atoms with E-state index >= 15 is 0 Å². The van der Waals surface area contributed by atoms with Gasteiger partial charge in [0.05, 0.1) is 6.04 Å². The molecule has 0 aromatic heterocycles. The predicted octanol–water partition coefficient (Wildman–Crippen LogP) is -0.240. The van der Waals surface area contributed by atoms with Gasteiger partial charge in [-0.1, -0.05) is 0 Å². The lowest BCUT2D eigenvalue weighted by Gasteiger charge is -2.25. The van der Waals surface area contributed by atoms with E-state index in [0.717, 1.165) is 0 Å². The van der Waals surface area contributed by atoms with Gasteiger partial charge in [0.1, 0.15) is 6.17 Å². The maximum Gasteiger partial charge on any atom is 0.186 e. The van der Waals surface area contributed by atoms with E-state index < -0.39 is 6.17 Å². The predicted molar refractivity (Wildman–Crippen MR) is 33.7 cm³/mol. The summed E-state index contributed by atoms with van der Waals surface area (Å²) in [6.07, 6.45) is 0.286. The highest BCUT2D eigenvalue weighted by Gasteiger charge is 2.28. The van der Waals surface area contributed by atoms with Gasteiger partial charge in [0.25, 0.3) is 0 Å². The molecule has 1 saturated carbocycles. The van der Waals surface area contributed by atoms with Crippen molar-refractivity contribution in [2.24, 2.45) is 16.5 Å². The molecular weight excluding hydrogens is 121 g/mol. The van der Waals surface area contributed by atoms with Gasteiger partial charge >= 0.3 is 0 Å². The summed E-state index contributed by atoms with van der Waals surface area (Å²) in [4.78, 5) is 3.77. The molecule has 3 nitrogen and oxygen atoms in total. The summed E-state index contributed by atoms with van der Waals surface area (Å²) < 4.78 is 12.1. The second-order valence-electron chi connectivity index (χ2n) is 2.28. The number of aliphatic imine (C=N–C) groups is 1. The molecule has 0 spiro atoms. The van der Waals surface area contributed by atoms with Crippen LogP contribution in [-0.4, -0.2) is 18.2 Å². The first kappa shape index (κ1) is 6.32. The van der Waals surface area contributed by atoms with E-state index in [1.54, 1.807) is 0 Å². The van der Waals surface area contributed by atoms with Crippen molar-refractivity contribution in [2.75, 3.05) is 0 Å². The second-order valence-corrected chi connectivity index (χ2v) is 2.28. The summed E-state index contributed by atoms with van der Waals surface area (Å²) in [5.41, 5.74) is 10.1. The Morgan fingerprint density at radius 2 is 2.00 bits per heavy atom. The Labute approximate surface area is 52.9 Å². The summed E-state index contributed by atoms with van der Waals surface area (Å²) in [6, 6.07) is 0.0463. The largest absolute Gasteiger partial charge is 0.370 e. The molecule has 0 aliphatic heterocycles. The van der Waals surface area contributed by atoms with Gasteiger partial charge in [-0.05, 0) is 0 Å². The van der Waals surface area contributed by atoms with Crippen molar-refractivity contribution >= 4 is 5.96 Å². The average molecular weight is 131 g/mol. The van der Waals surface area contributed by atoms with E-state index in [1.165, 1.54) is 0 Å². The van der Waals surface area contributed by atoms with Crippen molar-refractivity contribution in [3.05, 3.63) is 0 Å². The molecule has 52 valence electrons. The van der Waals surface area contributed by atoms with Crippen molar-refractivity contribution < 1.29 is 4.39 Å². The van der Waals surface area contributed by atoms with E-state index in [0.29, 0.717) is 12.8 Å². The highest BCUT2D eigenvalue weighted by molar-refractivity contribution is 5.75. The van der Waals surface area contributed by atoms with E-state index in [9.17, 15) is 4.39 Å². The quantitative estimate of drug-likeness (QED) is 0.381. The topological polar surface area (TPSA) is 64.4 Å². The van der Waals surface area contributed by atoms with E-state index in [-0.39, 0.29) is 12.0 Å². The fourth-order valence-electron chi connectivity index (χ4n) is 0.838. The van der Waals surface area contributed by atoms with Crippen LogP contribution < -0.4 is 11.5 Å². The monoisotopic (exact) mass is 131 g/mol. The molecule has 0 heterocycles. The number of halogens is 1. The molecule has 0 aromatic rings. The third-order valence-electron chi connectivity index (χ3n) is 1.39.